The molecule has 98 valence electrons. The maximum atomic E-state index is 11.0. The van der Waals surface area contributed by atoms with Crippen LogP contribution < -0.4 is 5.14 Å². The summed E-state index contributed by atoms with van der Waals surface area (Å²) in [6.45, 7) is 1.31. The number of primary sulfonamides is 1. The summed E-state index contributed by atoms with van der Waals surface area (Å²) in [4.78, 5) is 19.7. The van der Waals surface area contributed by atoms with Crippen LogP contribution in [0.3, 0.4) is 0 Å². The van der Waals surface area contributed by atoms with Crippen molar-refractivity contribution in [2.24, 2.45) is 5.14 Å². The van der Waals surface area contributed by atoms with Crippen LogP contribution in [0.5, 0.6) is 0 Å². The molecule has 0 aliphatic rings. The molecule has 1 aromatic carbocycles. The van der Waals surface area contributed by atoms with Crippen LogP contribution in [0.25, 0.3) is 0 Å². The van der Waals surface area contributed by atoms with Gasteiger partial charge < -0.3 is 0 Å². The van der Waals surface area contributed by atoms with E-state index in [2.05, 4.69) is 0 Å². The standard InChI is InChI=1S/C8H9N3O6S/c1-5-6(4-18(9,16)17)2-7(10(12)13)3-8(5)11(14)15/h2-3H,4H2,1H3,(H2,9,16,17). The number of rotatable bonds is 4. The molecule has 0 amide bonds. The molecule has 1 aromatic rings. The molecule has 0 aliphatic carbocycles. The molecule has 0 saturated carbocycles. The molecular weight excluding hydrogens is 266 g/mol. The van der Waals surface area contributed by atoms with Gasteiger partial charge in [-0.15, -0.1) is 0 Å². The van der Waals surface area contributed by atoms with E-state index in [1.165, 1.54) is 6.92 Å². The number of non-ortho nitro benzene ring substituents is 1. The predicted octanol–water partition coefficient (Wildman–Crippen LogP) is 0.600. The van der Waals surface area contributed by atoms with E-state index in [4.69, 9.17) is 5.14 Å². The first-order chi connectivity index (χ1) is 8.11. The van der Waals surface area contributed by atoms with Gasteiger partial charge in [0.05, 0.1) is 21.7 Å². The molecule has 0 unspecified atom stereocenters. The lowest BCUT2D eigenvalue weighted by Gasteiger charge is -2.05. The summed E-state index contributed by atoms with van der Waals surface area (Å²) in [5.74, 6) is -0.693. The van der Waals surface area contributed by atoms with Gasteiger partial charge >= 0.3 is 0 Å². The molecule has 0 radical (unpaired) electrons. The van der Waals surface area contributed by atoms with E-state index >= 15 is 0 Å². The first kappa shape index (κ1) is 14.0. The van der Waals surface area contributed by atoms with Crippen LogP contribution in [-0.4, -0.2) is 18.3 Å². The minimum absolute atomic E-state index is 0.0413. The highest BCUT2D eigenvalue weighted by Gasteiger charge is 2.23. The zero-order valence-electron chi connectivity index (χ0n) is 9.19. The lowest BCUT2D eigenvalue weighted by atomic mass is 10.1. The Morgan fingerprint density at radius 2 is 1.78 bits per heavy atom. The molecule has 10 heteroatoms. The van der Waals surface area contributed by atoms with Gasteiger partial charge in [-0.1, -0.05) is 0 Å². The van der Waals surface area contributed by atoms with Gasteiger partial charge in [0.1, 0.15) is 0 Å². The third-order valence-corrected chi connectivity index (χ3v) is 2.95. The molecule has 18 heavy (non-hydrogen) atoms. The number of hydrogen-bond donors (Lipinski definition) is 1. The molecule has 0 bridgehead atoms. The Kier molecular flexibility index (Phi) is 3.62. The van der Waals surface area contributed by atoms with Crippen LogP contribution >= 0.6 is 0 Å². The van der Waals surface area contributed by atoms with Crippen molar-refractivity contribution in [2.45, 2.75) is 12.7 Å². The van der Waals surface area contributed by atoms with Crippen LogP contribution in [0.4, 0.5) is 11.4 Å². The van der Waals surface area contributed by atoms with Gasteiger partial charge in [0.25, 0.3) is 11.4 Å². The fourth-order valence-corrected chi connectivity index (χ4v) is 2.14. The molecule has 0 heterocycles. The maximum absolute atomic E-state index is 11.0. The second-order valence-electron chi connectivity index (χ2n) is 3.57. The minimum atomic E-state index is -3.93. The molecule has 0 atom stereocenters. The van der Waals surface area contributed by atoms with Crippen LogP contribution in [0, 0.1) is 27.2 Å². The lowest BCUT2D eigenvalue weighted by Crippen LogP contribution is -2.15. The predicted molar refractivity (Wildman–Crippen MR) is 61.3 cm³/mol. The van der Waals surface area contributed by atoms with E-state index in [-0.39, 0.29) is 11.1 Å². The first-order valence-corrected chi connectivity index (χ1v) is 6.26. The highest BCUT2D eigenvalue weighted by molar-refractivity contribution is 7.88. The number of hydrogen-bond acceptors (Lipinski definition) is 6. The Labute approximate surface area is 102 Å². The summed E-state index contributed by atoms with van der Waals surface area (Å²) in [7, 11) is -3.93. The van der Waals surface area contributed by atoms with E-state index < -0.39 is 37.0 Å². The second kappa shape index (κ2) is 4.66. The van der Waals surface area contributed by atoms with Gasteiger partial charge in [0.15, 0.2) is 0 Å². The summed E-state index contributed by atoms with van der Waals surface area (Å²) in [5, 5.41) is 26.1. The summed E-state index contributed by atoms with van der Waals surface area (Å²) in [6.07, 6.45) is 0. The third-order valence-electron chi connectivity index (χ3n) is 2.24. The van der Waals surface area contributed by atoms with Crippen LogP contribution in [0.15, 0.2) is 12.1 Å². The Morgan fingerprint density at radius 3 is 2.17 bits per heavy atom. The molecule has 0 spiro atoms. The fraction of sp³-hybridized carbons (Fsp3) is 0.250. The van der Waals surface area contributed by atoms with Crippen molar-refractivity contribution >= 4 is 21.4 Å². The number of nitrogens with zero attached hydrogens (tertiary/aromatic N) is 2. The van der Waals surface area contributed by atoms with Crippen LogP contribution in [0.1, 0.15) is 11.1 Å². The average Bonchev–Trinajstić information content (AvgIpc) is 2.18. The Morgan fingerprint density at radius 1 is 1.22 bits per heavy atom. The molecule has 0 aliphatic heterocycles. The fourth-order valence-electron chi connectivity index (χ4n) is 1.40. The third kappa shape index (κ3) is 3.21. The highest BCUT2D eigenvalue weighted by Crippen LogP contribution is 2.28. The topological polar surface area (TPSA) is 146 Å². The molecular formula is C8H9N3O6S. The van der Waals surface area contributed by atoms with Gasteiger partial charge in [-0.05, 0) is 12.5 Å². The number of nitrogens with two attached hydrogens (primary N) is 1. The monoisotopic (exact) mass is 275 g/mol. The molecule has 0 fully saturated rings. The number of benzene rings is 1. The number of nitro benzene ring substituents is 2. The van der Waals surface area contributed by atoms with Crippen molar-refractivity contribution in [1.82, 2.24) is 0 Å². The number of nitro groups is 2. The van der Waals surface area contributed by atoms with Gasteiger partial charge in [-0.25, -0.2) is 13.6 Å². The SMILES string of the molecule is Cc1c(CS(N)(=O)=O)cc([N+](=O)[O-])cc1[N+](=O)[O-]. The van der Waals surface area contributed by atoms with E-state index in [1.54, 1.807) is 0 Å². The summed E-state index contributed by atoms with van der Waals surface area (Å²) >= 11 is 0. The lowest BCUT2D eigenvalue weighted by molar-refractivity contribution is -0.394. The van der Waals surface area contributed by atoms with Gasteiger partial charge in [0.2, 0.25) is 10.0 Å². The first-order valence-electron chi connectivity index (χ1n) is 4.54. The van der Waals surface area contributed by atoms with Crippen molar-refractivity contribution < 1.29 is 18.3 Å². The quantitative estimate of drug-likeness (QED) is 0.628. The zero-order chi connectivity index (χ0) is 14.1. The molecule has 0 aromatic heterocycles. The Hall–Kier alpha value is -2.07. The maximum Gasteiger partial charge on any atom is 0.279 e. The van der Waals surface area contributed by atoms with Crippen molar-refractivity contribution in [1.29, 1.82) is 0 Å². The van der Waals surface area contributed by atoms with Gasteiger partial charge in [-0.2, -0.15) is 0 Å². The smallest absolute Gasteiger partial charge is 0.258 e. The largest absolute Gasteiger partial charge is 0.279 e. The van der Waals surface area contributed by atoms with Gasteiger partial charge in [0, 0.05) is 11.6 Å². The van der Waals surface area contributed by atoms with E-state index in [0.717, 1.165) is 12.1 Å². The molecule has 1 rings (SSSR count). The molecule has 9 nitrogen and oxygen atoms in total. The summed E-state index contributed by atoms with van der Waals surface area (Å²) in [5.41, 5.74) is -1.08. The molecule has 2 N–H and O–H groups in total. The zero-order valence-corrected chi connectivity index (χ0v) is 10.0. The average molecular weight is 275 g/mol. The van der Waals surface area contributed by atoms with Crippen LogP contribution in [0.2, 0.25) is 0 Å². The molecule has 0 saturated heterocycles. The van der Waals surface area contributed by atoms with E-state index in [1.807, 2.05) is 0 Å². The van der Waals surface area contributed by atoms with Crippen molar-refractivity contribution in [3.05, 3.63) is 43.5 Å². The van der Waals surface area contributed by atoms with Gasteiger partial charge in [-0.3, -0.25) is 20.2 Å². The summed E-state index contributed by atoms with van der Waals surface area (Å²) in [6, 6.07) is 1.74. The normalized spacial score (nSPS) is 11.2. The highest BCUT2D eigenvalue weighted by atomic mass is 32.2. The van der Waals surface area contributed by atoms with Crippen molar-refractivity contribution in [3.63, 3.8) is 0 Å². The van der Waals surface area contributed by atoms with Crippen LogP contribution in [-0.2, 0) is 15.8 Å². The minimum Gasteiger partial charge on any atom is -0.258 e. The summed E-state index contributed by atoms with van der Waals surface area (Å²) < 4.78 is 21.9. The number of sulfonamides is 1. The Balaban J connectivity index is 3.50. The van der Waals surface area contributed by atoms with E-state index in [9.17, 15) is 28.6 Å². The van der Waals surface area contributed by atoms with Crippen molar-refractivity contribution in [3.8, 4) is 0 Å². The van der Waals surface area contributed by atoms with E-state index in [0.29, 0.717) is 0 Å². The Bertz CT molecular complexity index is 624. The second-order valence-corrected chi connectivity index (χ2v) is 5.18. The van der Waals surface area contributed by atoms with Crippen molar-refractivity contribution in [2.75, 3.05) is 0 Å².